The van der Waals surface area contributed by atoms with Gasteiger partial charge in [0.2, 0.25) is 0 Å². The molecular formula is C39H42N6O. The van der Waals surface area contributed by atoms with Crippen LogP contribution in [0.1, 0.15) is 69.4 Å². The smallest absolute Gasteiger partial charge is 0.178 e. The molecule has 0 fully saturated rings. The number of hydrogen-bond acceptors (Lipinski definition) is 7. The van der Waals surface area contributed by atoms with Crippen LogP contribution in [0, 0.1) is 11.3 Å². The molecule has 9 rings (SSSR count). The van der Waals surface area contributed by atoms with Gasteiger partial charge in [-0.15, -0.1) is 0 Å². The zero-order chi connectivity index (χ0) is 31.3. The number of benzene rings is 3. The predicted molar refractivity (Wildman–Crippen MR) is 187 cm³/mol. The van der Waals surface area contributed by atoms with Crippen LogP contribution >= 0.6 is 0 Å². The number of aromatic nitrogens is 2. The number of furan rings is 1. The number of anilines is 4. The van der Waals surface area contributed by atoms with Crippen molar-refractivity contribution in [1.29, 1.82) is 0 Å². The molecule has 0 N–H and O–H groups in total. The van der Waals surface area contributed by atoms with Crippen molar-refractivity contribution in [3.63, 3.8) is 0 Å². The Labute approximate surface area is 271 Å². The molecule has 6 atom stereocenters. The van der Waals surface area contributed by atoms with E-state index in [1.54, 1.807) is 0 Å². The highest BCUT2D eigenvalue weighted by Gasteiger charge is 2.58. The van der Waals surface area contributed by atoms with E-state index in [2.05, 4.69) is 128 Å². The summed E-state index contributed by atoms with van der Waals surface area (Å²) in [7, 11) is 4.45. The van der Waals surface area contributed by atoms with Crippen LogP contribution in [0.15, 0.2) is 89.9 Å². The van der Waals surface area contributed by atoms with Gasteiger partial charge in [0.05, 0.1) is 5.69 Å². The molecule has 0 aliphatic carbocycles. The van der Waals surface area contributed by atoms with Gasteiger partial charge in [-0.2, -0.15) is 0 Å². The Morgan fingerprint density at radius 2 is 1.63 bits per heavy atom. The molecule has 7 nitrogen and oxygen atoms in total. The second-order valence-electron chi connectivity index (χ2n) is 14.0. The normalized spacial score (nSPS) is 28.2. The molecule has 0 saturated heterocycles. The molecule has 234 valence electrons. The fraction of sp³-hybridized carbons (Fsp3) is 0.385. The average Bonchev–Trinajstić information content (AvgIpc) is 3.69. The molecule has 6 unspecified atom stereocenters. The summed E-state index contributed by atoms with van der Waals surface area (Å²) in [6.07, 6.45) is 12.8. The monoisotopic (exact) mass is 610 g/mol. The Morgan fingerprint density at radius 3 is 2.46 bits per heavy atom. The first-order valence-electron chi connectivity index (χ1n) is 17.0. The molecule has 6 heterocycles. The zero-order valence-corrected chi connectivity index (χ0v) is 27.4. The largest absolute Gasteiger partial charge is 0.454 e. The Hall–Kier alpha value is -4.52. The molecule has 0 radical (unpaired) electrons. The van der Waals surface area contributed by atoms with E-state index < -0.39 is 0 Å². The van der Waals surface area contributed by atoms with Crippen LogP contribution in [0.3, 0.4) is 0 Å². The second-order valence-corrected chi connectivity index (χ2v) is 14.0. The zero-order valence-electron chi connectivity index (χ0n) is 27.4. The minimum absolute atomic E-state index is 0.0848. The van der Waals surface area contributed by atoms with Gasteiger partial charge in [-0.1, -0.05) is 69.3 Å². The van der Waals surface area contributed by atoms with Gasteiger partial charge in [0.15, 0.2) is 17.2 Å². The minimum atomic E-state index is -0.0991. The number of hydrogen-bond donors (Lipinski definition) is 0. The number of fused-ring (bicyclic) bond motifs is 12. The van der Waals surface area contributed by atoms with Gasteiger partial charge in [-0.3, -0.25) is 0 Å². The highest BCUT2D eigenvalue weighted by molar-refractivity contribution is 6.10. The van der Waals surface area contributed by atoms with E-state index in [0.717, 1.165) is 48.5 Å². The van der Waals surface area contributed by atoms with E-state index in [1.807, 2.05) is 12.4 Å². The molecule has 0 amide bonds. The van der Waals surface area contributed by atoms with Gasteiger partial charge < -0.3 is 24.0 Å². The van der Waals surface area contributed by atoms with Crippen LogP contribution in [0.2, 0.25) is 0 Å². The van der Waals surface area contributed by atoms with Gasteiger partial charge >= 0.3 is 0 Å². The van der Waals surface area contributed by atoms with E-state index in [1.165, 1.54) is 33.3 Å². The first-order chi connectivity index (χ1) is 22.5. The summed E-state index contributed by atoms with van der Waals surface area (Å²) in [5.41, 5.74) is 7.23. The summed E-state index contributed by atoms with van der Waals surface area (Å²) in [4.78, 5) is 19.7. The fourth-order valence-electron chi connectivity index (χ4n) is 9.96. The van der Waals surface area contributed by atoms with E-state index >= 15 is 0 Å². The van der Waals surface area contributed by atoms with Crippen LogP contribution in [0.25, 0.3) is 21.9 Å². The van der Waals surface area contributed by atoms with Crippen molar-refractivity contribution in [3.05, 3.63) is 96.6 Å². The van der Waals surface area contributed by atoms with Crippen molar-refractivity contribution < 1.29 is 4.42 Å². The summed E-state index contributed by atoms with van der Waals surface area (Å²) in [6.45, 7) is 7.36. The highest BCUT2D eigenvalue weighted by Crippen LogP contribution is 2.63. The maximum absolute atomic E-state index is 6.80. The van der Waals surface area contributed by atoms with Crippen LogP contribution < -0.4 is 14.7 Å². The van der Waals surface area contributed by atoms with Gasteiger partial charge in [-0.25, -0.2) is 9.97 Å². The first kappa shape index (κ1) is 27.8. The van der Waals surface area contributed by atoms with Crippen molar-refractivity contribution >= 4 is 44.9 Å². The van der Waals surface area contributed by atoms with Crippen LogP contribution in [0.4, 0.5) is 23.0 Å². The molecule has 0 saturated carbocycles. The van der Waals surface area contributed by atoms with Crippen LogP contribution in [-0.4, -0.2) is 41.3 Å². The maximum atomic E-state index is 6.80. The van der Waals surface area contributed by atoms with E-state index in [-0.39, 0.29) is 17.7 Å². The standard InChI is InChI=1S/C39H42N6O/c1-6-24-25-12-8-10-14-30(25)45-37-36(40-20-21-41-37)43(5)38(45)39(3,7-2)33(24)27-18-19-32-42(4)22-23-44(32)34-28(27)16-17-29-26-13-9-11-15-31(26)46-35(29)34/h8-17,20-24,27,32-33,38H,6-7,18-19H2,1-5H3. The molecule has 4 aliphatic heterocycles. The van der Waals surface area contributed by atoms with E-state index in [0.29, 0.717) is 17.8 Å². The Morgan fingerprint density at radius 1 is 0.848 bits per heavy atom. The molecule has 46 heavy (non-hydrogen) atoms. The van der Waals surface area contributed by atoms with Gasteiger partial charge in [0.25, 0.3) is 0 Å². The van der Waals surface area contributed by atoms with Gasteiger partial charge in [0.1, 0.15) is 17.9 Å². The predicted octanol–water partition coefficient (Wildman–Crippen LogP) is 8.96. The number of rotatable bonds is 3. The quantitative estimate of drug-likeness (QED) is 0.202. The minimum Gasteiger partial charge on any atom is -0.454 e. The molecule has 2 aromatic heterocycles. The summed E-state index contributed by atoms with van der Waals surface area (Å²) >= 11 is 0. The third-order valence-electron chi connectivity index (χ3n) is 12.0. The second kappa shape index (κ2) is 9.99. The molecule has 5 aromatic rings. The summed E-state index contributed by atoms with van der Waals surface area (Å²) in [5.74, 6) is 2.97. The molecule has 0 bridgehead atoms. The Kier molecular flexibility index (Phi) is 6.03. The maximum Gasteiger partial charge on any atom is 0.178 e. The summed E-state index contributed by atoms with van der Waals surface area (Å²) < 4.78 is 6.80. The van der Waals surface area contributed by atoms with Crippen molar-refractivity contribution in [2.75, 3.05) is 28.8 Å². The SMILES string of the molecule is CCC1c2ccccc2N2c3nccnc3N(C)C2C(C)(CC)C1C1CCC2N(C)C=CN2c2c1ccc1c2oc2ccccc21. The van der Waals surface area contributed by atoms with Crippen molar-refractivity contribution in [2.24, 2.45) is 11.3 Å². The highest BCUT2D eigenvalue weighted by atomic mass is 16.3. The fourth-order valence-corrected chi connectivity index (χ4v) is 9.96. The lowest BCUT2D eigenvalue weighted by Crippen LogP contribution is -2.54. The lowest BCUT2D eigenvalue weighted by molar-refractivity contribution is 0.0847. The topological polar surface area (TPSA) is 51.9 Å². The molecule has 3 aromatic carbocycles. The average molecular weight is 611 g/mol. The molecule has 4 aliphatic rings. The molecule has 0 spiro atoms. The summed E-state index contributed by atoms with van der Waals surface area (Å²) in [6, 6.07) is 22.4. The Balaban J connectivity index is 1.32. The van der Waals surface area contributed by atoms with Crippen molar-refractivity contribution in [1.82, 2.24) is 14.9 Å². The third kappa shape index (κ3) is 3.54. The Bertz CT molecular complexity index is 2020. The first-order valence-corrected chi connectivity index (χ1v) is 17.0. The van der Waals surface area contributed by atoms with Crippen LogP contribution in [0.5, 0.6) is 0 Å². The third-order valence-corrected chi connectivity index (χ3v) is 12.0. The molecule has 7 heteroatoms. The van der Waals surface area contributed by atoms with Crippen molar-refractivity contribution in [3.8, 4) is 0 Å². The van der Waals surface area contributed by atoms with Gasteiger partial charge in [0, 0.05) is 60.8 Å². The lowest BCUT2D eigenvalue weighted by Gasteiger charge is -2.50. The number of para-hydroxylation sites is 2. The van der Waals surface area contributed by atoms with E-state index in [9.17, 15) is 0 Å². The van der Waals surface area contributed by atoms with Crippen LogP contribution in [-0.2, 0) is 0 Å². The lowest BCUT2D eigenvalue weighted by atomic mass is 9.58. The number of nitrogens with zero attached hydrogens (tertiary/aromatic N) is 6. The molecular weight excluding hydrogens is 568 g/mol. The van der Waals surface area contributed by atoms with E-state index in [4.69, 9.17) is 14.4 Å². The van der Waals surface area contributed by atoms with Crippen molar-refractivity contribution in [2.45, 2.75) is 70.6 Å². The van der Waals surface area contributed by atoms with Gasteiger partial charge in [-0.05, 0) is 66.7 Å². The summed E-state index contributed by atoms with van der Waals surface area (Å²) in [5, 5.41) is 2.38.